The first-order valence-corrected chi connectivity index (χ1v) is 16.2. The van der Waals surface area contributed by atoms with Crippen molar-refractivity contribution in [3.05, 3.63) is 64.2 Å². The maximum Gasteiger partial charge on any atom is 0.416 e. The molecule has 45 heavy (non-hydrogen) atoms. The highest BCUT2D eigenvalue weighted by molar-refractivity contribution is 5.75. The first-order valence-electron chi connectivity index (χ1n) is 16.2. The fraction of sp³-hybridized carbons (Fsp3) is 0.667. The van der Waals surface area contributed by atoms with E-state index in [1.165, 1.54) is 12.5 Å². The number of ether oxygens (including phenoxy) is 1. The van der Waals surface area contributed by atoms with Gasteiger partial charge in [-0.25, -0.2) is 0 Å². The number of hydrogen-bond donors (Lipinski definition) is 1. The number of hydrogen-bond acceptors (Lipinski definition) is 7. The normalized spacial score (nSPS) is 15.1. The molecule has 0 bridgehead atoms. The molecule has 0 aliphatic carbocycles. The van der Waals surface area contributed by atoms with Crippen molar-refractivity contribution >= 4 is 5.91 Å². The average molecular weight is 643 g/mol. The van der Waals surface area contributed by atoms with Gasteiger partial charge in [-0.3, -0.25) is 9.69 Å². The third-order valence-corrected chi connectivity index (χ3v) is 7.35. The summed E-state index contributed by atoms with van der Waals surface area (Å²) in [5.41, 5.74) is -0.676. The summed E-state index contributed by atoms with van der Waals surface area (Å²) in [7, 11) is 0. The Morgan fingerprint density at radius 3 is 2.40 bits per heavy atom. The van der Waals surface area contributed by atoms with Gasteiger partial charge in [0, 0.05) is 52.2 Å². The first kappa shape index (κ1) is 39.9. The Kier molecular flexibility index (Phi) is 21.4. The lowest BCUT2D eigenvalue weighted by atomic mass is 10.0. The molecule has 0 radical (unpaired) electrons. The minimum atomic E-state index is -4.33. The van der Waals surface area contributed by atoms with E-state index in [0.717, 1.165) is 77.1 Å². The predicted molar refractivity (Wildman–Crippen MR) is 172 cm³/mol. The lowest BCUT2D eigenvalue weighted by molar-refractivity contribution is -0.757. The van der Waals surface area contributed by atoms with E-state index in [2.05, 4.69) is 52.0 Å². The molecule has 9 nitrogen and oxygen atoms in total. The molecule has 12 heteroatoms. The fourth-order valence-electron chi connectivity index (χ4n) is 4.76. The quantitative estimate of drug-likeness (QED) is 0.0714. The number of carbonyl (C=O) groups is 1. The van der Waals surface area contributed by atoms with Gasteiger partial charge in [0.15, 0.2) is 0 Å². The largest absolute Gasteiger partial charge is 0.493 e. The van der Waals surface area contributed by atoms with Gasteiger partial charge >= 0.3 is 6.18 Å². The van der Waals surface area contributed by atoms with Crippen LogP contribution in [-0.2, 0) is 15.8 Å². The maximum absolute atomic E-state index is 12.5. The molecule has 1 aromatic carbocycles. The number of nitrogens with one attached hydrogen (secondary N) is 1. The Labute approximate surface area is 266 Å². The highest BCUT2D eigenvalue weighted by Gasteiger charge is 2.30. The first-order chi connectivity index (χ1) is 21.6. The Hall–Kier alpha value is -3.12. The van der Waals surface area contributed by atoms with Crippen LogP contribution in [0.2, 0.25) is 0 Å². The zero-order valence-corrected chi connectivity index (χ0v) is 27.2. The molecule has 256 valence electrons. The van der Waals surface area contributed by atoms with Gasteiger partial charge in [0.2, 0.25) is 5.91 Å². The number of benzene rings is 1. The lowest BCUT2D eigenvalue weighted by Gasteiger charge is -2.34. The molecule has 1 fully saturated rings. The van der Waals surface area contributed by atoms with E-state index in [0.29, 0.717) is 38.3 Å². The number of amides is 1. The highest BCUT2D eigenvalue weighted by atomic mass is 19.4. The monoisotopic (exact) mass is 642 g/mol. The summed E-state index contributed by atoms with van der Waals surface area (Å²) in [6.07, 6.45) is 11.2. The van der Waals surface area contributed by atoms with E-state index in [-0.39, 0.29) is 18.3 Å². The van der Waals surface area contributed by atoms with Gasteiger partial charge in [-0.15, -0.1) is 10.1 Å². The third kappa shape index (κ3) is 20.5. The number of piperazine rings is 1. The van der Waals surface area contributed by atoms with Crippen molar-refractivity contribution in [2.75, 3.05) is 59.0 Å². The SMILES string of the molecule is C/C=C\CCCC(=O)NCCN1CCN(CCCO[N+](=O)[O-])CC1.CCCC(/C=C/CCOc1cccc(C(F)(F)F)c1)CC. The van der Waals surface area contributed by atoms with E-state index in [9.17, 15) is 28.1 Å². The van der Waals surface area contributed by atoms with Gasteiger partial charge in [0.1, 0.15) is 5.75 Å². The summed E-state index contributed by atoms with van der Waals surface area (Å²) >= 11 is 0. The van der Waals surface area contributed by atoms with Gasteiger partial charge in [-0.05, 0) is 69.6 Å². The van der Waals surface area contributed by atoms with Crippen LogP contribution in [0.1, 0.15) is 77.7 Å². The van der Waals surface area contributed by atoms with Crippen LogP contribution >= 0.6 is 0 Å². The highest BCUT2D eigenvalue weighted by Crippen LogP contribution is 2.31. The topological polar surface area (TPSA) is 97.2 Å². The molecule has 0 saturated carbocycles. The summed E-state index contributed by atoms with van der Waals surface area (Å²) in [6.45, 7) is 13.1. The van der Waals surface area contributed by atoms with Gasteiger partial charge in [0.05, 0.1) is 18.8 Å². The summed E-state index contributed by atoms with van der Waals surface area (Å²) in [4.78, 5) is 30.7. The molecule has 2 rings (SSSR count). The number of allylic oxidation sites excluding steroid dienone is 3. The molecule has 1 aliphatic rings. The second-order valence-electron chi connectivity index (χ2n) is 11.0. The van der Waals surface area contributed by atoms with Crippen LogP contribution < -0.4 is 10.1 Å². The number of alkyl halides is 3. The van der Waals surface area contributed by atoms with Crippen molar-refractivity contribution in [1.82, 2.24) is 15.1 Å². The molecular weight excluding hydrogens is 589 g/mol. The molecule has 1 unspecified atom stereocenters. The van der Waals surface area contributed by atoms with E-state index < -0.39 is 16.8 Å². The number of unbranched alkanes of at least 4 members (excludes halogenated alkanes) is 1. The van der Waals surface area contributed by atoms with Crippen LogP contribution in [0.4, 0.5) is 13.2 Å². The standard InChI is InChI=1S/C17H23F3O.C16H30N4O4/c1-3-8-14(4-2)9-5-6-12-21-16-11-7-10-15(13-16)17(18,19)20;1-2-3-4-5-7-16(21)17-8-10-19-13-11-18(12-14-19)9-6-15-24-20(22)23/h5,7,9-11,13-14H,3-4,6,8,12H2,1-2H3;2-3H,4-15H2,1H3,(H,17,21)/b9-5+;3-2-. The van der Waals surface area contributed by atoms with E-state index in [4.69, 9.17) is 4.74 Å². The Balaban J connectivity index is 0.000000454. The molecule has 1 atom stereocenters. The van der Waals surface area contributed by atoms with Gasteiger partial charge in [-0.1, -0.05) is 50.6 Å². The van der Waals surface area contributed by atoms with Crippen molar-refractivity contribution in [3.63, 3.8) is 0 Å². The smallest absolute Gasteiger partial charge is 0.416 e. The maximum atomic E-state index is 12.5. The van der Waals surface area contributed by atoms with Crippen molar-refractivity contribution in [2.24, 2.45) is 5.92 Å². The molecule has 0 aromatic heterocycles. The predicted octanol–water partition coefficient (Wildman–Crippen LogP) is 6.92. The summed E-state index contributed by atoms with van der Waals surface area (Å²) in [5, 5.41) is 12.3. The Bertz CT molecular complexity index is 999. The molecule has 1 aromatic rings. The van der Waals surface area contributed by atoms with E-state index in [1.54, 1.807) is 6.07 Å². The number of rotatable bonds is 20. The van der Waals surface area contributed by atoms with Gasteiger partial charge in [0.25, 0.3) is 5.09 Å². The van der Waals surface area contributed by atoms with Gasteiger partial charge < -0.3 is 19.8 Å². The third-order valence-electron chi connectivity index (χ3n) is 7.35. The van der Waals surface area contributed by atoms with Crippen LogP contribution in [0, 0.1) is 16.0 Å². The van der Waals surface area contributed by atoms with Gasteiger partial charge in [-0.2, -0.15) is 13.2 Å². The molecule has 0 spiro atoms. The van der Waals surface area contributed by atoms with Crippen LogP contribution in [0.5, 0.6) is 5.75 Å². The summed E-state index contributed by atoms with van der Waals surface area (Å²) in [6, 6.07) is 4.99. The minimum absolute atomic E-state index is 0.129. The van der Waals surface area contributed by atoms with Crippen molar-refractivity contribution in [1.29, 1.82) is 0 Å². The Morgan fingerprint density at radius 1 is 1.07 bits per heavy atom. The molecule has 1 aliphatic heterocycles. The molecule has 1 saturated heterocycles. The second kappa shape index (κ2) is 24.2. The zero-order valence-electron chi connectivity index (χ0n) is 27.2. The molecular formula is C33H53F3N4O5. The molecule has 1 N–H and O–H groups in total. The fourth-order valence-corrected chi connectivity index (χ4v) is 4.76. The van der Waals surface area contributed by atoms with Crippen molar-refractivity contribution in [3.8, 4) is 5.75 Å². The Morgan fingerprint density at radius 2 is 1.78 bits per heavy atom. The summed E-state index contributed by atoms with van der Waals surface area (Å²) in [5.74, 6) is 0.978. The minimum Gasteiger partial charge on any atom is -0.493 e. The van der Waals surface area contributed by atoms with Crippen molar-refractivity contribution < 1.29 is 32.6 Å². The zero-order chi connectivity index (χ0) is 33.3. The van der Waals surface area contributed by atoms with Crippen molar-refractivity contribution in [2.45, 2.75) is 78.3 Å². The average Bonchev–Trinajstić information content (AvgIpc) is 3.01. The van der Waals surface area contributed by atoms with Crippen LogP contribution in [0.25, 0.3) is 0 Å². The molecule has 1 heterocycles. The van der Waals surface area contributed by atoms with E-state index in [1.807, 2.05) is 13.0 Å². The second-order valence-corrected chi connectivity index (χ2v) is 11.0. The number of nitrogens with zero attached hydrogens (tertiary/aromatic N) is 3. The van der Waals surface area contributed by atoms with Crippen LogP contribution in [0.3, 0.4) is 0 Å². The molecule has 1 amide bonds. The van der Waals surface area contributed by atoms with Crippen LogP contribution in [-0.4, -0.2) is 79.8 Å². The van der Waals surface area contributed by atoms with Crippen LogP contribution in [0.15, 0.2) is 48.6 Å². The van der Waals surface area contributed by atoms with E-state index >= 15 is 0 Å². The summed E-state index contributed by atoms with van der Waals surface area (Å²) < 4.78 is 43.0. The lowest BCUT2D eigenvalue weighted by Crippen LogP contribution is -2.48. The number of carbonyl (C=O) groups excluding carboxylic acids is 1. The number of halogens is 3.